The molecule has 1 aliphatic rings. The Morgan fingerprint density at radius 1 is 1.24 bits per heavy atom. The molecular weight excluding hydrogens is 338 g/mol. The Hall–Kier alpha value is -1.55. The molecular formula is C20H28ClNO3. The van der Waals surface area contributed by atoms with Crippen molar-refractivity contribution in [1.82, 2.24) is 0 Å². The number of halogens is 1. The van der Waals surface area contributed by atoms with E-state index in [0.29, 0.717) is 23.5 Å². The number of rotatable bonds is 9. The molecule has 0 saturated heterocycles. The average Bonchev–Trinajstić information content (AvgIpc) is 2.61. The zero-order valence-electron chi connectivity index (χ0n) is 15.4. The molecule has 4 nitrogen and oxygen atoms in total. The summed E-state index contributed by atoms with van der Waals surface area (Å²) in [5.41, 5.74) is 1.21. The fraction of sp³-hybridized carbons (Fsp3) is 0.600. The molecule has 1 amide bonds. The van der Waals surface area contributed by atoms with Gasteiger partial charge in [0.15, 0.2) is 11.9 Å². The molecule has 0 radical (unpaired) electrons. The van der Waals surface area contributed by atoms with Crippen molar-refractivity contribution >= 4 is 29.0 Å². The first-order valence-electron chi connectivity index (χ1n) is 9.20. The van der Waals surface area contributed by atoms with Crippen LogP contribution < -0.4 is 9.64 Å². The molecule has 0 spiro atoms. The first-order chi connectivity index (χ1) is 12.0. The minimum atomic E-state index is -0.474. The number of unbranched alkanes of at least 4 members (excludes halogenated alkanes) is 4. The van der Waals surface area contributed by atoms with Gasteiger partial charge in [0.05, 0.1) is 11.6 Å². The number of ketones is 1. The van der Waals surface area contributed by atoms with Crippen molar-refractivity contribution in [3.05, 3.63) is 23.8 Å². The summed E-state index contributed by atoms with van der Waals surface area (Å²) in [5, 5.41) is 0. The molecule has 138 valence electrons. The third-order valence-electron chi connectivity index (χ3n) is 4.55. The Labute approximate surface area is 155 Å². The predicted octanol–water partition coefficient (Wildman–Crippen LogP) is 4.83. The SMILES string of the molecule is CCCCCCCN1C(=O)C(C(C)C)Oc2ccc(C(=O)CCl)cc21. The Balaban J connectivity index is 2.24. The summed E-state index contributed by atoms with van der Waals surface area (Å²) in [6.07, 6.45) is 5.16. The zero-order chi connectivity index (χ0) is 18.4. The van der Waals surface area contributed by atoms with Gasteiger partial charge in [-0.2, -0.15) is 0 Å². The largest absolute Gasteiger partial charge is 0.478 e. The zero-order valence-corrected chi connectivity index (χ0v) is 16.1. The molecule has 0 bridgehead atoms. The lowest BCUT2D eigenvalue weighted by Crippen LogP contribution is -2.48. The van der Waals surface area contributed by atoms with Crippen LogP contribution in [0.25, 0.3) is 0 Å². The highest BCUT2D eigenvalue weighted by Gasteiger charge is 2.36. The molecule has 1 heterocycles. The minimum absolute atomic E-state index is 0.0199. The van der Waals surface area contributed by atoms with Crippen LogP contribution in [0, 0.1) is 5.92 Å². The van der Waals surface area contributed by atoms with Gasteiger partial charge < -0.3 is 9.64 Å². The topological polar surface area (TPSA) is 46.6 Å². The normalized spacial score (nSPS) is 16.8. The van der Waals surface area contributed by atoms with E-state index in [9.17, 15) is 9.59 Å². The number of amides is 1. The van der Waals surface area contributed by atoms with Crippen LogP contribution in [-0.2, 0) is 4.79 Å². The molecule has 2 rings (SSSR count). The van der Waals surface area contributed by atoms with Crippen molar-refractivity contribution < 1.29 is 14.3 Å². The molecule has 1 aromatic rings. The highest BCUT2D eigenvalue weighted by Crippen LogP contribution is 2.37. The number of anilines is 1. The second kappa shape index (κ2) is 9.23. The summed E-state index contributed by atoms with van der Waals surface area (Å²) in [5.74, 6) is 0.517. The number of hydrogen-bond acceptors (Lipinski definition) is 3. The monoisotopic (exact) mass is 365 g/mol. The van der Waals surface area contributed by atoms with E-state index < -0.39 is 6.10 Å². The number of nitrogens with zero attached hydrogens (tertiary/aromatic N) is 1. The van der Waals surface area contributed by atoms with Gasteiger partial charge in [0, 0.05) is 12.1 Å². The van der Waals surface area contributed by atoms with Gasteiger partial charge in [-0.1, -0.05) is 46.5 Å². The number of benzene rings is 1. The lowest BCUT2D eigenvalue weighted by Gasteiger charge is -2.36. The van der Waals surface area contributed by atoms with Crippen molar-refractivity contribution in [2.24, 2.45) is 5.92 Å². The maximum atomic E-state index is 12.9. The molecule has 1 aliphatic heterocycles. The Morgan fingerprint density at radius 2 is 1.96 bits per heavy atom. The third-order valence-corrected chi connectivity index (χ3v) is 4.79. The Bertz CT molecular complexity index is 615. The first kappa shape index (κ1) is 19.8. The number of fused-ring (bicyclic) bond motifs is 1. The number of ether oxygens (including phenoxy) is 1. The molecule has 0 aliphatic carbocycles. The van der Waals surface area contributed by atoms with Gasteiger partial charge in [-0.05, 0) is 30.5 Å². The molecule has 1 aromatic carbocycles. The van der Waals surface area contributed by atoms with Gasteiger partial charge in [0.25, 0.3) is 5.91 Å². The average molecular weight is 366 g/mol. The first-order valence-corrected chi connectivity index (χ1v) is 9.74. The second-order valence-electron chi connectivity index (χ2n) is 6.93. The quantitative estimate of drug-likeness (QED) is 0.358. The number of hydrogen-bond donors (Lipinski definition) is 0. The summed E-state index contributed by atoms with van der Waals surface area (Å²) in [7, 11) is 0. The van der Waals surface area contributed by atoms with Crippen LogP contribution >= 0.6 is 11.6 Å². The lowest BCUT2D eigenvalue weighted by molar-refractivity contribution is -0.128. The molecule has 0 saturated carbocycles. The van der Waals surface area contributed by atoms with Gasteiger partial charge in [0.2, 0.25) is 0 Å². The van der Waals surface area contributed by atoms with Crippen LogP contribution in [0.3, 0.4) is 0 Å². The summed E-state index contributed by atoms with van der Waals surface area (Å²) in [6.45, 7) is 6.81. The van der Waals surface area contributed by atoms with E-state index >= 15 is 0 Å². The number of carbonyl (C=O) groups is 2. The van der Waals surface area contributed by atoms with E-state index in [1.165, 1.54) is 19.3 Å². The fourth-order valence-electron chi connectivity index (χ4n) is 3.06. The predicted molar refractivity (Wildman–Crippen MR) is 102 cm³/mol. The van der Waals surface area contributed by atoms with Crippen LogP contribution in [-0.4, -0.2) is 30.2 Å². The summed E-state index contributed by atoms with van der Waals surface area (Å²) in [6, 6.07) is 5.23. The van der Waals surface area contributed by atoms with E-state index in [0.717, 1.165) is 12.8 Å². The number of alkyl halides is 1. The molecule has 5 heteroatoms. The standard InChI is InChI=1S/C20H28ClNO3/c1-4-5-6-7-8-11-22-16-12-15(17(23)13-21)9-10-18(16)25-19(14(2)3)20(22)24/h9-10,12,14,19H,4-8,11,13H2,1-3H3. The Kier molecular flexibility index (Phi) is 7.30. The van der Waals surface area contributed by atoms with E-state index in [-0.39, 0.29) is 23.5 Å². The highest BCUT2D eigenvalue weighted by atomic mass is 35.5. The molecule has 0 fully saturated rings. The summed E-state index contributed by atoms with van der Waals surface area (Å²) in [4.78, 5) is 26.6. The maximum Gasteiger partial charge on any atom is 0.268 e. The molecule has 1 atom stereocenters. The van der Waals surface area contributed by atoms with Gasteiger partial charge in [-0.15, -0.1) is 11.6 Å². The summed E-state index contributed by atoms with van der Waals surface area (Å²) < 4.78 is 5.91. The minimum Gasteiger partial charge on any atom is -0.478 e. The van der Waals surface area contributed by atoms with Crippen LogP contribution in [0.4, 0.5) is 5.69 Å². The second-order valence-corrected chi connectivity index (χ2v) is 7.19. The fourth-order valence-corrected chi connectivity index (χ4v) is 3.22. The van der Waals surface area contributed by atoms with E-state index in [1.807, 2.05) is 13.8 Å². The number of carbonyl (C=O) groups excluding carboxylic acids is 2. The molecule has 0 aromatic heterocycles. The smallest absolute Gasteiger partial charge is 0.268 e. The van der Waals surface area contributed by atoms with Gasteiger partial charge >= 0.3 is 0 Å². The van der Waals surface area contributed by atoms with Gasteiger partial charge in [-0.25, -0.2) is 0 Å². The number of Topliss-reactive ketones (excluding diaryl/α,β-unsaturated/α-hetero) is 1. The van der Waals surface area contributed by atoms with Crippen LogP contribution in [0.5, 0.6) is 5.75 Å². The third kappa shape index (κ3) is 4.75. The highest BCUT2D eigenvalue weighted by molar-refractivity contribution is 6.30. The van der Waals surface area contributed by atoms with Crippen molar-refractivity contribution in [3.63, 3.8) is 0 Å². The van der Waals surface area contributed by atoms with Crippen LogP contribution in [0.2, 0.25) is 0 Å². The van der Waals surface area contributed by atoms with E-state index in [4.69, 9.17) is 16.3 Å². The Morgan fingerprint density at radius 3 is 2.60 bits per heavy atom. The summed E-state index contributed by atoms with van der Waals surface area (Å²) >= 11 is 5.67. The van der Waals surface area contributed by atoms with Gasteiger partial charge in [0.1, 0.15) is 5.75 Å². The van der Waals surface area contributed by atoms with Crippen LogP contribution in [0.1, 0.15) is 63.2 Å². The van der Waals surface area contributed by atoms with E-state index in [2.05, 4.69) is 6.92 Å². The van der Waals surface area contributed by atoms with Crippen molar-refractivity contribution in [3.8, 4) is 5.75 Å². The lowest BCUT2D eigenvalue weighted by atomic mass is 10.0. The van der Waals surface area contributed by atoms with Crippen LogP contribution in [0.15, 0.2) is 18.2 Å². The van der Waals surface area contributed by atoms with Crippen molar-refractivity contribution in [1.29, 1.82) is 0 Å². The molecule has 25 heavy (non-hydrogen) atoms. The van der Waals surface area contributed by atoms with Crippen molar-refractivity contribution in [2.45, 2.75) is 59.0 Å². The van der Waals surface area contributed by atoms with E-state index in [1.54, 1.807) is 23.1 Å². The maximum absolute atomic E-state index is 12.9. The van der Waals surface area contributed by atoms with Gasteiger partial charge in [-0.3, -0.25) is 9.59 Å². The molecule has 0 N–H and O–H groups in total. The molecule has 1 unspecified atom stereocenters. The van der Waals surface area contributed by atoms with Crippen molar-refractivity contribution in [2.75, 3.05) is 17.3 Å².